The Balaban J connectivity index is 2.34. The van der Waals surface area contributed by atoms with Crippen LogP contribution in [0.4, 0.5) is 0 Å². The fraction of sp³-hybridized carbons (Fsp3) is 0.375. The summed E-state index contributed by atoms with van der Waals surface area (Å²) < 4.78 is 0. The van der Waals surface area contributed by atoms with Crippen LogP contribution in [0, 0.1) is 6.92 Å². The van der Waals surface area contributed by atoms with Crippen molar-refractivity contribution in [2.75, 3.05) is 0 Å². The van der Waals surface area contributed by atoms with Gasteiger partial charge in [0, 0.05) is 23.0 Å². The Morgan fingerprint density at radius 2 is 1.68 bits per heavy atom. The number of hydrogen-bond acceptors (Lipinski definition) is 2. The molecule has 0 saturated heterocycles. The van der Waals surface area contributed by atoms with E-state index in [1.54, 1.807) is 0 Å². The second-order valence-electron chi connectivity index (χ2n) is 5.13. The maximum Gasteiger partial charge on any atom is 0.159 e. The summed E-state index contributed by atoms with van der Waals surface area (Å²) in [4.78, 5) is 8.95. The van der Waals surface area contributed by atoms with Crippen LogP contribution >= 0.6 is 11.6 Å². The van der Waals surface area contributed by atoms with E-state index in [1.807, 2.05) is 20.0 Å². The number of halogens is 1. The number of hydrogen-bond donors (Lipinski definition) is 0. The smallest absolute Gasteiger partial charge is 0.159 e. The summed E-state index contributed by atoms with van der Waals surface area (Å²) >= 11 is 6.08. The number of aryl methyl sites for hydroxylation is 1. The van der Waals surface area contributed by atoms with Gasteiger partial charge < -0.3 is 0 Å². The molecule has 1 heterocycles. The molecule has 2 nitrogen and oxygen atoms in total. The molecule has 0 amide bonds. The van der Waals surface area contributed by atoms with Crippen molar-refractivity contribution in [2.24, 2.45) is 0 Å². The first-order valence-corrected chi connectivity index (χ1v) is 7.00. The number of rotatable bonds is 3. The molecule has 0 saturated carbocycles. The molecule has 1 aromatic carbocycles. The largest absolute Gasteiger partial charge is 0.236 e. The Morgan fingerprint density at radius 3 is 2.16 bits per heavy atom. The fourth-order valence-electron chi connectivity index (χ4n) is 2.02. The van der Waals surface area contributed by atoms with Gasteiger partial charge in [-0.15, -0.1) is 11.6 Å². The Labute approximate surface area is 119 Å². The molecule has 100 valence electrons. The first-order valence-electron chi connectivity index (χ1n) is 6.57. The van der Waals surface area contributed by atoms with Crippen molar-refractivity contribution in [3.05, 3.63) is 47.3 Å². The van der Waals surface area contributed by atoms with Crippen molar-refractivity contribution in [1.82, 2.24) is 9.97 Å². The second-order valence-corrected chi connectivity index (χ2v) is 5.78. The lowest BCUT2D eigenvalue weighted by Crippen LogP contribution is -1.98. The van der Waals surface area contributed by atoms with E-state index in [1.165, 1.54) is 5.56 Å². The monoisotopic (exact) mass is 274 g/mol. The van der Waals surface area contributed by atoms with E-state index in [9.17, 15) is 0 Å². The summed E-state index contributed by atoms with van der Waals surface area (Å²) in [6.45, 7) is 8.28. The van der Waals surface area contributed by atoms with Crippen LogP contribution in [0.5, 0.6) is 0 Å². The summed E-state index contributed by atoms with van der Waals surface area (Å²) in [7, 11) is 0. The quantitative estimate of drug-likeness (QED) is 0.746. The summed E-state index contributed by atoms with van der Waals surface area (Å²) in [6.07, 6.45) is 1.83. The zero-order valence-corrected chi connectivity index (χ0v) is 12.6. The second kappa shape index (κ2) is 5.70. The lowest BCUT2D eigenvalue weighted by Gasteiger charge is -2.09. The van der Waals surface area contributed by atoms with E-state index >= 15 is 0 Å². The van der Waals surface area contributed by atoms with E-state index < -0.39 is 0 Å². The van der Waals surface area contributed by atoms with E-state index in [2.05, 4.69) is 48.1 Å². The molecule has 0 aliphatic carbocycles. The lowest BCUT2D eigenvalue weighted by atomic mass is 10.0. The first kappa shape index (κ1) is 14.0. The van der Waals surface area contributed by atoms with Crippen molar-refractivity contribution in [1.29, 1.82) is 0 Å². The van der Waals surface area contributed by atoms with Gasteiger partial charge in [0.2, 0.25) is 0 Å². The molecule has 2 rings (SSSR count). The van der Waals surface area contributed by atoms with Gasteiger partial charge in [0.1, 0.15) is 0 Å². The van der Waals surface area contributed by atoms with Crippen LogP contribution in [0.15, 0.2) is 30.5 Å². The maximum atomic E-state index is 6.08. The highest BCUT2D eigenvalue weighted by molar-refractivity contribution is 6.20. The molecule has 0 aliphatic heterocycles. The van der Waals surface area contributed by atoms with Gasteiger partial charge in [0.05, 0.1) is 5.38 Å². The van der Waals surface area contributed by atoms with Gasteiger partial charge in [-0.25, -0.2) is 9.97 Å². The molecule has 3 heteroatoms. The van der Waals surface area contributed by atoms with Gasteiger partial charge in [-0.2, -0.15) is 0 Å². The molecule has 1 unspecified atom stereocenters. The first-order chi connectivity index (χ1) is 8.99. The fourth-order valence-corrected chi connectivity index (χ4v) is 2.24. The van der Waals surface area contributed by atoms with Gasteiger partial charge in [-0.3, -0.25) is 0 Å². The number of nitrogens with zero attached hydrogens (tertiary/aromatic N) is 2. The lowest BCUT2D eigenvalue weighted by molar-refractivity contribution is 0.866. The van der Waals surface area contributed by atoms with Crippen LogP contribution in [0.3, 0.4) is 0 Å². The van der Waals surface area contributed by atoms with Crippen LogP contribution in [0.2, 0.25) is 0 Å². The third kappa shape index (κ3) is 3.13. The van der Waals surface area contributed by atoms with Gasteiger partial charge in [-0.1, -0.05) is 38.1 Å². The zero-order valence-electron chi connectivity index (χ0n) is 11.8. The summed E-state index contributed by atoms with van der Waals surface area (Å²) in [5, 5.41) is -0.0580. The minimum Gasteiger partial charge on any atom is -0.236 e. The van der Waals surface area contributed by atoms with Crippen molar-refractivity contribution in [3.63, 3.8) is 0 Å². The molecule has 0 fully saturated rings. The van der Waals surface area contributed by atoms with Crippen LogP contribution in [0.1, 0.15) is 48.9 Å². The van der Waals surface area contributed by atoms with Crippen LogP contribution in [0.25, 0.3) is 11.4 Å². The Morgan fingerprint density at radius 1 is 1.05 bits per heavy atom. The van der Waals surface area contributed by atoms with Gasteiger partial charge in [-0.05, 0) is 25.3 Å². The van der Waals surface area contributed by atoms with Crippen molar-refractivity contribution in [2.45, 2.75) is 39.0 Å². The molecule has 0 radical (unpaired) electrons. The molecule has 0 N–H and O–H groups in total. The van der Waals surface area contributed by atoms with Gasteiger partial charge in [0.25, 0.3) is 0 Å². The zero-order chi connectivity index (χ0) is 14.0. The highest BCUT2D eigenvalue weighted by Gasteiger charge is 2.09. The number of benzene rings is 1. The molecular formula is C16H19ClN2. The minimum absolute atomic E-state index is 0.0580. The van der Waals surface area contributed by atoms with Gasteiger partial charge >= 0.3 is 0 Å². The van der Waals surface area contributed by atoms with Crippen LogP contribution in [-0.2, 0) is 0 Å². The molecule has 0 bridgehead atoms. The number of alkyl halides is 1. The SMILES string of the molecule is Cc1nc(-c2ccc(C(C)C)cc2)ncc1C(C)Cl. The molecule has 1 atom stereocenters. The van der Waals surface area contributed by atoms with Crippen molar-refractivity contribution >= 4 is 11.6 Å². The maximum absolute atomic E-state index is 6.08. The highest BCUT2D eigenvalue weighted by Crippen LogP contribution is 2.24. The molecular weight excluding hydrogens is 256 g/mol. The summed E-state index contributed by atoms with van der Waals surface area (Å²) in [6, 6.07) is 8.43. The van der Waals surface area contributed by atoms with Crippen LogP contribution < -0.4 is 0 Å². The van der Waals surface area contributed by atoms with E-state index in [0.29, 0.717) is 5.92 Å². The third-order valence-corrected chi connectivity index (χ3v) is 3.52. The highest BCUT2D eigenvalue weighted by atomic mass is 35.5. The predicted molar refractivity (Wildman–Crippen MR) is 80.6 cm³/mol. The Bertz CT molecular complexity index is 559. The van der Waals surface area contributed by atoms with Gasteiger partial charge in [0.15, 0.2) is 5.82 Å². The number of aromatic nitrogens is 2. The topological polar surface area (TPSA) is 25.8 Å². The molecule has 2 aromatic rings. The minimum atomic E-state index is -0.0580. The normalized spacial score (nSPS) is 12.7. The molecule has 1 aromatic heterocycles. The third-order valence-electron chi connectivity index (χ3n) is 3.28. The Kier molecular flexibility index (Phi) is 4.20. The Hall–Kier alpha value is -1.41. The van der Waals surface area contributed by atoms with Crippen molar-refractivity contribution in [3.8, 4) is 11.4 Å². The average molecular weight is 275 g/mol. The van der Waals surface area contributed by atoms with E-state index in [4.69, 9.17) is 11.6 Å². The summed E-state index contributed by atoms with van der Waals surface area (Å²) in [5.41, 5.74) is 4.30. The van der Waals surface area contributed by atoms with Crippen molar-refractivity contribution < 1.29 is 0 Å². The van der Waals surface area contributed by atoms with E-state index in [0.717, 1.165) is 22.6 Å². The van der Waals surface area contributed by atoms with E-state index in [-0.39, 0.29) is 5.38 Å². The van der Waals surface area contributed by atoms with Crippen LogP contribution in [-0.4, -0.2) is 9.97 Å². The molecule has 0 aliphatic rings. The average Bonchev–Trinajstić information content (AvgIpc) is 2.38. The molecule has 19 heavy (non-hydrogen) atoms. The predicted octanol–water partition coefficient (Wildman–Crippen LogP) is 4.88. The molecule has 0 spiro atoms. The summed E-state index contributed by atoms with van der Waals surface area (Å²) in [5.74, 6) is 1.30. The standard InChI is InChI=1S/C16H19ClN2/c1-10(2)13-5-7-14(8-6-13)16-18-9-15(11(3)17)12(4)19-16/h5-11H,1-4H3.